The largest absolute Gasteiger partial charge is 0.479 e. The van der Waals surface area contributed by atoms with E-state index in [1.54, 1.807) is 4.68 Å². The van der Waals surface area contributed by atoms with Crippen LogP contribution < -0.4 is 10.1 Å². The van der Waals surface area contributed by atoms with E-state index in [4.69, 9.17) is 9.47 Å². The summed E-state index contributed by atoms with van der Waals surface area (Å²) in [5.41, 5.74) is 1.74. The Morgan fingerprint density at radius 2 is 1.94 bits per heavy atom. The average Bonchev–Trinajstić information content (AvgIpc) is 3.53. The van der Waals surface area contributed by atoms with Crippen LogP contribution in [0, 0.1) is 5.82 Å². The Labute approximate surface area is 178 Å². The maximum Gasteiger partial charge on any atom is 0.347 e. The fraction of sp³-hybridized carbons (Fsp3) is 0.261. The molecule has 1 amide bonds. The zero-order valence-corrected chi connectivity index (χ0v) is 17.0. The van der Waals surface area contributed by atoms with Crippen molar-refractivity contribution in [1.82, 2.24) is 9.78 Å². The van der Waals surface area contributed by atoms with Gasteiger partial charge in [0.05, 0.1) is 11.4 Å². The van der Waals surface area contributed by atoms with Gasteiger partial charge in [0.1, 0.15) is 17.4 Å². The standard InChI is InChI=1S/C23H22FN3O4/c1-15(31-19-9-5-6-17(24)12-19)23(29)30-14-22(28)25-21-13-20(16-10-11-16)26-27(21)18-7-3-2-4-8-18/h2-9,12-13,15-16H,10-11,14H2,1H3,(H,25,28)/t15-/m0/s1. The predicted octanol–water partition coefficient (Wildman–Crippen LogP) is 3.84. The molecule has 160 valence electrons. The first-order valence-electron chi connectivity index (χ1n) is 10.0. The number of nitrogens with zero attached hydrogens (tertiary/aromatic N) is 2. The lowest BCUT2D eigenvalue weighted by atomic mass is 10.3. The summed E-state index contributed by atoms with van der Waals surface area (Å²) in [6.07, 6.45) is 1.17. The predicted molar refractivity (Wildman–Crippen MR) is 112 cm³/mol. The summed E-state index contributed by atoms with van der Waals surface area (Å²) in [6.45, 7) is 0.992. The van der Waals surface area contributed by atoms with Crippen molar-refractivity contribution in [3.05, 3.63) is 72.2 Å². The molecule has 31 heavy (non-hydrogen) atoms. The molecule has 4 rings (SSSR count). The molecule has 2 aromatic carbocycles. The van der Waals surface area contributed by atoms with Gasteiger partial charge in [0.15, 0.2) is 12.7 Å². The van der Waals surface area contributed by atoms with Gasteiger partial charge in [-0.1, -0.05) is 24.3 Å². The number of hydrogen-bond donors (Lipinski definition) is 1. The summed E-state index contributed by atoms with van der Waals surface area (Å²) in [5.74, 6) is -0.566. The number of anilines is 1. The van der Waals surface area contributed by atoms with E-state index in [2.05, 4.69) is 10.4 Å². The van der Waals surface area contributed by atoms with Crippen molar-refractivity contribution in [2.45, 2.75) is 31.8 Å². The zero-order chi connectivity index (χ0) is 21.8. The van der Waals surface area contributed by atoms with Crippen LogP contribution in [0.25, 0.3) is 5.69 Å². The van der Waals surface area contributed by atoms with Crippen molar-refractivity contribution in [3.63, 3.8) is 0 Å². The molecule has 1 saturated carbocycles. The van der Waals surface area contributed by atoms with Crippen molar-refractivity contribution >= 4 is 17.7 Å². The van der Waals surface area contributed by atoms with Crippen molar-refractivity contribution in [1.29, 1.82) is 0 Å². The number of rotatable bonds is 8. The highest BCUT2D eigenvalue weighted by Gasteiger charge is 2.28. The SMILES string of the molecule is C[C@H](Oc1cccc(F)c1)C(=O)OCC(=O)Nc1cc(C2CC2)nn1-c1ccccc1. The maximum atomic E-state index is 13.2. The summed E-state index contributed by atoms with van der Waals surface area (Å²) in [7, 11) is 0. The molecule has 1 N–H and O–H groups in total. The Kier molecular flexibility index (Phi) is 5.97. The first-order chi connectivity index (χ1) is 15.0. The Bertz CT molecular complexity index is 1080. The van der Waals surface area contributed by atoms with Crippen LogP contribution in [0.3, 0.4) is 0 Å². The molecule has 1 aliphatic carbocycles. The molecule has 1 fully saturated rings. The molecule has 0 unspecified atom stereocenters. The lowest BCUT2D eigenvalue weighted by molar-refractivity contribution is -0.153. The number of ether oxygens (including phenoxy) is 2. The third kappa shape index (κ3) is 5.28. The summed E-state index contributed by atoms with van der Waals surface area (Å²) >= 11 is 0. The molecular weight excluding hydrogens is 401 g/mol. The molecule has 0 spiro atoms. The van der Waals surface area contributed by atoms with Crippen LogP contribution in [0.5, 0.6) is 5.75 Å². The molecule has 0 aliphatic heterocycles. The van der Waals surface area contributed by atoms with E-state index in [0.717, 1.165) is 24.2 Å². The van der Waals surface area contributed by atoms with Gasteiger partial charge in [0.2, 0.25) is 0 Å². The van der Waals surface area contributed by atoms with Crippen LogP contribution in [-0.4, -0.2) is 34.4 Å². The molecular formula is C23H22FN3O4. The van der Waals surface area contributed by atoms with Crippen LogP contribution in [-0.2, 0) is 14.3 Å². The highest BCUT2D eigenvalue weighted by atomic mass is 19.1. The van der Waals surface area contributed by atoms with Gasteiger partial charge in [0.25, 0.3) is 5.91 Å². The number of carbonyl (C=O) groups is 2. The Morgan fingerprint density at radius 1 is 1.16 bits per heavy atom. The van der Waals surface area contributed by atoms with Crippen molar-refractivity contribution in [3.8, 4) is 11.4 Å². The molecule has 0 saturated heterocycles. The molecule has 0 radical (unpaired) electrons. The molecule has 3 aromatic rings. The second-order valence-corrected chi connectivity index (χ2v) is 7.35. The van der Waals surface area contributed by atoms with Crippen LogP contribution in [0.2, 0.25) is 0 Å². The fourth-order valence-electron chi connectivity index (χ4n) is 3.06. The monoisotopic (exact) mass is 423 g/mol. The molecule has 1 aromatic heterocycles. The molecule has 0 bridgehead atoms. The molecule has 7 nitrogen and oxygen atoms in total. The number of carbonyl (C=O) groups excluding carboxylic acids is 2. The minimum absolute atomic E-state index is 0.202. The van der Waals surface area contributed by atoms with Crippen LogP contribution in [0.15, 0.2) is 60.7 Å². The van der Waals surface area contributed by atoms with Gasteiger partial charge in [-0.3, -0.25) is 4.79 Å². The normalized spacial score (nSPS) is 14.0. The highest BCUT2D eigenvalue weighted by Crippen LogP contribution is 2.40. The number of halogens is 1. The maximum absolute atomic E-state index is 13.2. The Balaban J connectivity index is 1.36. The molecule has 1 heterocycles. The van der Waals surface area contributed by atoms with Crippen LogP contribution in [0.4, 0.5) is 10.2 Å². The van der Waals surface area contributed by atoms with Gasteiger partial charge in [-0.25, -0.2) is 13.9 Å². The Morgan fingerprint density at radius 3 is 2.65 bits per heavy atom. The van der Waals surface area contributed by atoms with Gasteiger partial charge >= 0.3 is 5.97 Å². The minimum Gasteiger partial charge on any atom is -0.479 e. The van der Waals surface area contributed by atoms with E-state index in [-0.39, 0.29) is 5.75 Å². The van der Waals surface area contributed by atoms with Crippen molar-refractivity contribution in [2.75, 3.05) is 11.9 Å². The van der Waals surface area contributed by atoms with Gasteiger partial charge in [-0.05, 0) is 44.0 Å². The smallest absolute Gasteiger partial charge is 0.347 e. The number of hydrogen-bond acceptors (Lipinski definition) is 5. The van der Waals surface area contributed by atoms with E-state index in [0.29, 0.717) is 11.7 Å². The summed E-state index contributed by atoms with van der Waals surface area (Å²) in [6, 6.07) is 16.8. The van der Waals surface area contributed by atoms with E-state index >= 15 is 0 Å². The molecule has 1 aliphatic rings. The third-order valence-corrected chi connectivity index (χ3v) is 4.78. The first kappa shape index (κ1) is 20.6. The van der Waals surface area contributed by atoms with Crippen LogP contribution in [0.1, 0.15) is 31.4 Å². The number of benzene rings is 2. The lowest BCUT2D eigenvalue weighted by Crippen LogP contribution is -2.30. The summed E-state index contributed by atoms with van der Waals surface area (Å²) < 4.78 is 25.3. The second-order valence-electron chi connectivity index (χ2n) is 7.35. The topological polar surface area (TPSA) is 82.4 Å². The number of esters is 1. The lowest BCUT2D eigenvalue weighted by Gasteiger charge is -2.14. The van der Waals surface area contributed by atoms with Gasteiger partial charge < -0.3 is 14.8 Å². The van der Waals surface area contributed by atoms with E-state index in [1.165, 1.54) is 31.2 Å². The minimum atomic E-state index is -0.995. The average molecular weight is 423 g/mol. The van der Waals surface area contributed by atoms with E-state index < -0.39 is 30.4 Å². The second kappa shape index (κ2) is 8.99. The molecule has 8 heteroatoms. The first-order valence-corrected chi connectivity index (χ1v) is 10.0. The number of nitrogens with one attached hydrogen (secondary N) is 1. The van der Waals surface area contributed by atoms with Gasteiger partial charge in [-0.2, -0.15) is 5.10 Å². The zero-order valence-electron chi connectivity index (χ0n) is 17.0. The fourth-order valence-corrected chi connectivity index (χ4v) is 3.06. The molecule has 1 atom stereocenters. The van der Waals surface area contributed by atoms with Crippen LogP contribution >= 0.6 is 0 Å². The van der Waals surface area contributed by atoms with E-state index in [1.807, 2.05) is 36.4 Å². The third-order valence-electron chi connectivity index (χ3n) is 4.78. The van der Waals surface area contributed by atoms with Gasteiger partial charge in [-0.15, -0.1) is 0 Å². The summed E-state index contributed by atoms with van der Waals surface area (Å²) in [5, 5.41) is 7.37. The summed E-state index contributed by atoms with van der Waals surface area (Å²) in [4.78, 5) is 24.5. The van der Waals surface area contributed by atoms with E-state index in [9.17, 15) is 14.0 Å². The number of para-hydroxylation sites is 1. The quantitative estimate of drug-likeness (QED) is 0.557. The Hall–Kier alpha value is -3.68. The van der Waals surface area contributed by atoms with Crippen molar-refractivity contribution in [2.24, 2.45) is 0 Å². The van der Waals surface area contributed by atoms with Crippen molar-refractivity contribution < 1.29 is 23.5 Å². The number of aromatic nitrogens is 2. The highest BCUT2D eigenvalue weighted by molar-refractivity contribution is 5.92. The number of amides is 1. The van der Waals surface area contributed by atoms with Gasteiger partial charge in [0, 0.05) is 18.1 Å².